The van der Waals surface area contributed by atoms with E-state index in [1.54, 1.807) is 25.3 Å². The van der Waals surface area contributed by atoms with Gasteiger partial charge in [-0.3, -0.25) is 0 Å². The van der Waals surface area contributed by atoms with Crippen LogP contribution in [0.25, 0.3) is 10.9 Å². The van der Waals surface area contributed by atoms with Gasteiger partial charge < -0.3 is 15.4 Å². The Balaban J connectivity index is 1.67. The number of ether oxygens (including phenoxy) is 1. The van der Waals surface area contributed by atoms with E-state index in [9.17, 15) is 0 Å². The lowest BCUT2D eigenvalue weighted by atomic mass is 10.2. The Morgan fingerprint density at radius 2 is 1.72 bits per heavy atom. The summed E-state index contributed by atoms with van der Waals surface area (Å²) >= 11 is 12.3. The Bertz CT molecular complexity index is 1170. The van der Waals surface area contributed by atoms with Crippen molar-refractivity contribution in [3.63, 3.8) is 0 Å². The average Bonchev–Trinajstić information content (AvgIpc) is 2.74. The second-order valence-corrected chi connectivity index (χ2v) is 7.17. The second kappa shape index (κ2) is 8.55. The molecule has 1 aromatic heterocycles. The van der Waals surface area contributed by atoms with Gasteiger partial charge in [0.25, 0.3) is 0 Å². The van der Waals surface area contributed by atoms with Crippen LogP contribution in [0.5, 0.6) is 5.75 Å². The van der Waals surface area contributed by atoms with Crippen LogP contribution in [-0.4, -0.2) is 17.1 Å². The first-order valence-electron chi connectivity index (χ1n) is 8.98. The predicted octanol–water partition coefficient (Wildman–Crippen LogP) is 6.30. The van der Waals surface area contributed by atoms with E-state index in [0.717, 1.165) is 22.2 Å². The molecule has 0 atom stereocenters. The number of hydrogen-bond donors (Lipinski definition) is 2. The summed E-state index contributed by atoms with van der Waals surface area (Å²) in [5.41, 5.74) is 2.53. The van der Waals surface area contributed by atoms with E-state index < -0.39 is 0 Å². The van der Waals surface area contributed by atoms with Crippen LogP contribution in [0.4, 0.5) is 17.5 Å². The molecule has 1 heterocycles. The molecule has 5 nitrogen and oxygen atoms in total. The fourth-order valence-corrected chi connectivity index (χ4v) is 3.46. The Labute approximate surface area is 178 Å². The van der Waals surface area contributed by atoms with Crippen LogP contribution in [-0.2, 0) is 6.54 Å². The van der Waals surface area contributed by atoms with Crippen LogP contribution >= 0.6 is 23.2 Å². The molecular formula is C22H18Cl2N4O. The molecule has 0 fully saturated rings. The number of para-hydroxylation sites is 2. The van der Waals surface area contributed by atoms with Gasteiger partial charge >= 0.3 is 0 Å². The molecule has 7 heteroatoms. The molecule has 0 spiro atoms. The normalized spacial score (nSPS) is 10.7. The van der Waals surface area contributed by atoms with Crippen LogP contribution in [0.2, 0.25) is 10.0 Å². The van der Waals surface area contributed by atoms with Crippen molar-refractivity contribution in [3.05, 3.63) is 82.3 Å². The highest BCUT2D eigenvalue weighted by molar-refractivity contribution is 6.36. The summed E-state index contributed by atoms with van der Waals surface area (Å²) in [6, 6.07) is 20.9. The molecule has 4 aromatic rings. The minimum atomic E-state index is 0.440. The van der Waals surface area contributed by atoms with Gasteiger partial charge in [0.1, 0.15) is 11.6 Å². The quantitative estimate of drug-likeness (QED) is 0.380. The minimum absolute atomic E-state index is 0.440. The van der Waals surface area contributed by atoms with Crippen molar-refractivity contribution in [1.82, 2.24) is 9.97 Å². The van der Waals surface area contributed by atoms with E-state index in [1.165, 1.54) is 0 Å². The summed E-state index contributed by atoms with van der Waals surface area (Å²) in [6.45, 7) is 0.562. The highest BCUT2D eigenvalue weighted by Gasteiger charge is 2.10. The number of fused-ring (bicyclic) bond motifs is 1. The zero-order valence-electron chi connectivity index (χ0n) is 15.6. The maximum absolute atomic E-state index is 6.28. The smallest absolute Gasteiger partial charge is 0.229 e. The summed E-state index contributed by atoms with van der Waals surface area (Å²) in [6.07, 6.45) is 0. The lowest BCUT2D eigenvalue weighted by Crippen LogP contribution is -2.06. The molecule has 4 rings (SSSR count). The molecule has 0 saturated carbocycles. The Morgan fingerprint density at radius 3 is 2.55 bits per heavy atom. The van der Waals surface area contributed by atoms with Gasteiger partial charge in [-0.1, -0.05) is 53.5 Å². The van der Waals surface area contributed by atoms with E-state index in [1.807, 2.05) is 48.5 Å². The number of aromatic nitrogens is 2. The zero-order valence-corrected chi connectivity index (χ0v) is 17.1. The molecule has 3 aromatic carbocycles. The third-order valence-electron chi connectivity index (χ3n) is 4.42. The highest BCUT2D eigenvalue weighted by atomic mass is 35.5. The standard InChI is InChI=1S/C22H18Cl2N4O/c1-29-20-9-5-2-6-14(20)13-25-21-16-7-3-4-8-18(16)26-22(28-21)27-19-11-10-15(23)12-17(19)24/h2-12H,13H2,1H3,(H2,25,26,27,28). The van der Waals surface area contributed by atoms with E-state index >= 15 is 0 Å². The van der Waals surface area contributed by atoms with Crippen molar-refractivity contribution in [2.45, 2.75) is 6.54 Å². The molecule has 0 saturated heterocycles. The number of rotatable bonds is 6. The summed E-state index contributed by atoms with van der Waals surface area (Å²) < 4.78 is 5.44. The van der Waals surface area contributed by atoms with Crippen LogP contribution in [0.1, 0.15) is 5.56 Å². The Morgan fingerprint density at radius 1 is 0.931 bits per heavy atom. The zero-order chi connectivity index (χ0) is 20.2. The van der Waals surface area contributed by atoms with Crippen molar-refractivity contribution in [2.75, 3.05) is 17.7 Å². The Kier molecular flexibility index (Phi) is 5.69. The molecule has 0 aliphatic rings. The number of halogens is 2. The Hall–Kier alpha value is -3.02. The first kappa shape index (κ1) is 19.3. The van der Waals surface area contributed by atoms with Crippen molar-refractivity contribution in [2.24, 2.45) is 0 Å². The molecule has 146 valence electrons. The summed E-state index contributed by atoms with van der Waals surface area (Å²) in [5, 5.41) is 8.57. The summed E-state index contributed by atoms with van der Waals surface area (Å²) in [5.74, 6) is 1.98. The molecule has 29 heavy (non-hydrogen) atoms. The molecule has 0 unspecified atom stereocenters. The van der Waals surface area contributed by atoms with Crippen LogP contribution in [0.3, 0.4) is 0 Å². The SMILES string of the molecule is COc1ccccc1CNc1nc(Nc2ccc(Cl)cc2Cl)nc2ccccc12. The van der Waals surface area contributed by atoms with Crippen molar-refractivity contribution < 1.29 is 4.74 Å². The maximum Gasteiger partial charge on any atom is 0.229 e. The van der Waals surface area contributed by atoms with Crippen molar-refractivity contribution >= 4 is 51.6 Å². The molecule has 0 bridgehead atoms. The van der Waals surface area contributed by atoms with E-state index in [-0.39, 0.29) is 0 Å². The summed E-state index contributed by atoms with van der Waals surface area (Å²) in [7, 11) is 1.66. The van der Waals surface area contributed by atoms with Gasteiger partial charge in [0, 0.05) is 22.5 Å². The number of hydrogen-bond acceptors (Lipinski definition) is 5. The average molecular weight is 425 g/mol. The highest BCUT2D eigenvalue weighted by Crippen LogP contribution is 2.29. The maximum atomic E-state index is 6.28. The van der Waals surface area contributed by atoms with E-state index in [2.05, 4.69) is 20.6 Å². The largest absolute Gasteiger partial charge is 0.496 e. The van der Waals surface area contributed by atoms with Crippen LogP contribution in [0.15, 0.2) is 66.7 Å². The van der Waals surface area contributed by atoms with E-state index in [4.69, 9.17) is 27.9 Å². The number of nitrogens with one attached hydrogen (secondary N) is 2. The summed E-state index contributed by atoms with van der Waals surface area (Å²) in [4.78, 5) is 9.27. The van der Waals surface area contributed by atoms with Crippen LogP contribution < -0.4 is 15.4 Å². The first-order chi connectivity index (χ1) is 14.1. The van der Waals surface area contributed by atoms with Gasteiger partial charge in [0.15, 0.2) is 0 Å². The fraction of sp³-hybridized carbons (Fsp3) is 0.0909. The van der Waals surface area contributed by atoms with Gasteiger partial charge in [-0.25, -0.2) is 4.98 Å². The molecule has 0 aliphatic carbocycles. The third-order valence-corrected chi connectivity index (χ3v) is 4.97. The number of nitrogens with zero attached hydrogens (tertiary/aromatic N) is 2. The molecule has 0 amide bonds. The molecular weight excluding hydrogens is 407 g/mol. The van der Waals surface area contributed by atoms with Crippen molar-refractivity contribution in [1.29, 1.82) is 0 Å². The van der Waals surface area contributed by atoms with Gasteiger partial charge in [0.2, 0.25) is 5.95 Å². The fourth-order valence-electron chi connectivity index (χ4n) is 3.01. The first-order valence-corrected chi connectivity index (χ1v) is 9.74. The molecule has 0 radical (unpaired) electrons. The lowest BCUT2D eigenvalue weighted by molar-refractivity contribution is 0.410. The lowest BCUT2D eigenvalue weighted by Gasteiger charge is -2.14. The number of benzene rings is 3. The molecule has 2 N–H and O–H groups in total. The van der Waals surface area contributed by atoms with Gasteiger partial charge in [-0.15, -0.1) is 0 Å². The molecule has 0 aliphatic heterocycles. The third kappa shape index (κ3) is 4.36. The number of methoxy groups -OCH3 is 1. The topological polar surface area (TPSA) is 59.1 Å². The monoisotopic (exact) mass is 424 g/mol. The van der Waals surface area contributed by atoms with Gasteiger partial charge in [-0.05, 0) is 36.4 Å². The van der Waals surface area contributed by atoms with Crippen LogP contribution in [0, 0.1) is 0 Å². The minimum Gasteiger partial charge on any atom is -0.496 e. The number of anilines is 3. The van der Waals surface area contributed by atoms with Gasteiger partial charge in [-0.2, -0.15) is 4.98 Å². The van der Waals surface area contributed by atoms with E-state index in [0.29, 0.717) is 34.0 Å². The second-order valence-electron chi connectivity index (χ2n) is 6.33. The predicted molar refractivity (Wildman–Crippen MR) is 120 cm³/mol. The van der Waals surface area contributed by atoms with Gasteiger partial charge in [0.05, 0.1) is 23.3 Å². The van der Waals surface area contributed by atoms with Crippen molar-refractivity contribution in [3.8, 4) is 5.75 Å².